The Morgan fingerprint density at radius 3 is 2.56 bits per heavy atom. The van der Waals surface area contributed by atoms with Gasteiger partial charge in [-0.25, -0.2) is 9.97 Å². The molecule has 5 heteroatoms. The van der Waals surface area contributed by atoms with Crippen molar-refractivity contribution in [2.45, 2.75) is 39.2 Å². The average molecular weight is 288 g/mol. The second kappa shape index (κ2) is 5.10. The minimum atomic E-state index is -0.387. The van der Waals surface area contributed by atoms with Crippen LogP contribution in [-0.2, 0) is 0 Å². The van der Waals surface area contributed by atoms with Gasteiger partial charge in [0.1, 0.15) is 16.2 Å². The Hall–Kier alpha value is -0.680. The zero-order chi connectivity index (χ0) is 12.3. The fraction of sp³-hybridized carbons (Fsp3) is 0.636. The maximum atomic E-state index is 9.19. The molecule has 0 atom stereocenters. The Balaban J connectivity index is 2.97. The van der Waals surface area contributed by atoms with Crippen LogP contribution in [0.15, 0.2) is 10.7 Å². The Bertz CT molecular complexity index is 366. The molecule has 1 rings (SSSR count). The summed E-state index contributed by atoms with van der Waals surface area (Å²) in [6, 6.07) is 1.81. The van der Waals surface area contributed by atoms with Gasteiger partial charge in [0.05, 0.1) is 12.1 Å². The average Bonchev–Trinajstić information content (AvgIpc) is 2.16. The first kappa shape index (κ1) is 13.4. The lowest BCUT2D eigenvalue weighted by Crippen LogP contribution is -2.35. The number of rotatable bonds is 4. The van der Waals surface area contributed by atoms with E-state index in [-0.39, 0.29) is 18.1 Å². The van der Waals surface area contributed by atoms with Crippen LogP contribution in [0.5, 0.6) is 0 Å². The van der Waals surface area contributed by atoms with E-state index in [1.165, 1.54) is 0 Å². The molecule has 2 N–H and O–H groups in total. The van der Waals surface area contributed by atoms with Crippen LogP contribution in [-0.4, -0.2) is 27.2 Å². The third kappa shape index (κ3) is 3.72. The van der Waals surface area contributed by atoms with Crippen LogP contribution in [0.3, 0.4) is 0 Å². The monoisotopic (exact) mass is 287 g/mol. The van der Waals surface area contributed by atoms with Gasteiger partial charge in [-0.15, -0.1) is 0 Å². The molecule has 0 aromatic carbocycles. The van der Waals surface area contributed by atoms with Gasteiger partial charge in [-0.2, -0.15) is 0 Å². The summed E-state index contributed by atoms with van der Waals surface area (Å²) in [5.74, 6) is 1.78. The lowest BCUT2D eigenvalue weighted by atomic mass is 10.1. The van der Waals surface area contributed by atoms with Crippen molar-refractivity contribution in [1.29, 1.82) is 0 Å². The van der Waals surface area contributed by atoms with Crippen LogP contribution in [0.4, 0.5) is 5.82 Å². The van der Waals surface area contributed by atoms with Crippen molar-refractivity contribution in [2.75, 3.05) is 11.9 Å². The van der Waals surface area contributed by atoms with Gasteiger partial charge in [0.15, 0.2) is 0 Å². The zero-order valence-corrected chi connectivity index (χ0v) is 11.7. The largest absolute Gasteiger partial charge is 0.394 e. The first-order chi connectivity index (χ1) is 7.34. The normalized spacial score (nSPS) is 11.9. The van der Waals surface area contributed by atoms with Gasteiger partial charge >= 0.3 is 0 Å². The first-order valence-corrected chi connectivity index (χ1v) is 6.07. The molecule has 0 unspecified atom stereocenters. The van der Waals surface area contributed by atoms with Crippen molar-refractivity contribution in [1.82, 2.24) is 9.97 Å². The van der Waals surface area contributed by atoms with E-state index in [1.807, 2.05) is 33.8 Å². The molecule has 0 spiro atoms. The second-order valence-corrected chi connectivity index (χ2v) is 5.57. The maximum Gasteiger partial charge on any atom is 0.134 e. The number of aromatic nitrogens is 2. The van der Waals surface area contributed by atoms with Gasteiger partial charge in [-0.05, 0) is 29.8 Å². The minimum absolute atomic E-state index is 0.0473. The minimum Gasteiger partial charge on any atom is -0.394 e. The fourth-order valence-corrected chi connectivity index (χ4v) is 1.54. The van der Waals surface area contributed by atoms with E-state index in [0.29, 0.717) is 0 Å². The summed E-state index contributed by atoms with van der Waals surface area (Å²) in [5, 5.41) is 12.4. The number of halogens is 1. The standard InChI is InChI=1S/C11H18BrN3O/c1-7(2)10-13-8(12)5-9(14-10)15-11(3,4)6-16/h5,7,16H,6H2,1-4H3,(H,13,14,15). The molecule has 0 saturated carbocycles. The van der Waals surface area contributed by atoms with Gasteiger partial charge in [0, 0.05) is 12.0 Å². The number of aliphatic hydroxyl groups excluding tert-OH is 1. The van der Waals surface area contributed by atoms with Gasteiger partial charge in [0.2, 0.25) is 0 Å². The number of hydrogen-bond donors (Lipinski definition) is 2. The summed E-state index contributed by atoms with van der Waals surface area (Å²) in [4.78, 5) is 8.70. The van der Waals surface area contributed by atoms with Crippen molar-refractivity contribution in [2.24, 2.45) is 0 Å². The molecule has 1 aromatic heterocycles. The quantitative estimate of drug-likeness (QED) is 0.836. The van der Waals surface area contributed by atoms with Crippen molar-refractivity contribution < 1.29 is 5.11 Å². The number of nitrogens with one attached hydrogen (secondary N) is 1. The predicted octanol–water partition coefficient (Wildman–Crippen LogP) is 2.55. The van der Waals surface area contributed by atoms with Crippen LogP contribution in [0.2, 0.25) is 0 Å². The van der Waals surface area contributed by atoms with E-state index < -0.39 is 0 Å². The van der Waals surface area contributed by atoms with E-state index in [9.17, 15) is 5.11 Å². The molecular formula is C11H18BrN3O. The van der Waals surface area contributed by atoms with Crippen molar-refractivity contribution in [3.05, 3.63) is 16.5 Å². The second-order valence-electron chi connectivity index (χ2n) is 4.76. The van der Waals surface area contributed by atoms with Crippen molar-refractivity contribution in [3.63, 3.8) is 0 Å². The molecule has 4 nitrogen and oxygen atoms in total. The number of nitrogens with zero attached hydrogens (tertiary/aromatic N) is 2. The van der Waals surface area contributed by atoms with Gasteiger partial charge in [-0.1, -0.05) is 13.8 Å². The van der Waals surface area contributed by atoms with E-state index in [4.69, 9.17) is 0 Å². The zero-order valence-electron chi connectivity index (χ0n) is 10.1. The molecule has 0 radical (unpaired) electrons. The summed E-state index contributed by atoms with van der Waals surface area (Å²) in [6.45, 7) is 7.97. The molecule has 0 bridgehead atoms. The summed E-state index contributed by atoms with van der Waals surface area (Å²) >= 11 is 3.36. The van der Waals surface area contributed by atoms with E-state index >= 15 is 0 Å². The fourth-order valence-electron chi connectivity index (χ4n) is 1.14. The van der Waals surface area contributed by atoms with Crippen molar-refractivity contribution >= 4 is 21.7 Å². The van der Waals surface area contributed by atoms with E-state index in [1.54, 1.807) is 0 Å². The Kier molecular flexibility index (Phi) is 4.27. The molecule has 90 valence electrons. The summed E-state index contributed by atoms with van der Waals surface area (Å²) in [5.41, 5.74) is -0.387. The molecule has 0 saturated heterocycles. The molecule has 1 heterocycles. The molecular weight excluding hydrogens is 270 g/mol. The predicted molar refractivity (Wildman–Crippen MR) is 68.6 cm³/mol. The van der Waals surface area contributed by atoms with Crippen LogP contribution in [0.25, 0.3) is 0 Å². The van der Waals surface area contributed by atoms with Crippen LogP contribution in [0.1, 0.15) is 39.4 Å². The Labute approximate surface area is 105 Å². The molecule has 0 amide bonds. The topological polar surface area (TPSA) is 58.0 Å². The third-order valence-electron chi connectivity index (χ3n) is 2.09. The lowest BCUT2D eigenvalue weighted by Gasteiger charge is -2.24. The highest BCUT2D eigenvalue weighted by molar-refractivity contribution is 9.10. The number of aliphatic hydroxyl groups is 1. The summed E-state index contributed by atoms with van der Waals surface area (Å²) in [6.07, 6.45) is 0. The molecule has 0 fully saturated rings. The highest BCUT2D eigenvalue weighted by Crippen LogP contribution is 2.19. The highest BCUT2D eigenvalue weighted by Gasteiger charge is 2.17. The number of hydrogen-bond acceptors (Lipinski definition) is 4. The lowest BCUT2D eigenvalue weighted by molar-refractivity contribution is 0.234. The van der Waals surface area contributed by atoms with E-state index in [2.05, 4.69) is 31.2 Å². The smallest absolute Gasteiger partial charge is 0.134 e. The van der Waals surface area contributed by atoms with Crippen LogP contribution >= 0.6 is 15.9 Å². The molecule has 0 aliphatic rings. The highest BCUT2D eigenvalue weighted by atomic mass is 79.9. The van der Waals surface area contributed by atoms with Gasteiger partial charge in [-0.3, -0.25) is 0 Å². The number of anilines is 1. The summed E-state index contributed by atoms with van der Waals surface area (Å²) in [7, 11) is 0. The van der Waals surface area contributed by atoms with Gasteiger partial charge < -0.3 is 10.4 Å². The summed E-state index contributed by atoms with van der Waals surface area (Å²) < 4.78 is 0.752. The maximum absolute atomic E-state index is 9.19. The van der Waals surface area contributed by atoms with Gasteiger partial charge in [0.25, 0.3) is 0 Å². The Morgan fingerprint density at radius 1 is 1.44 bits per heavy atom. The molecule has 1 aromatic rings. The molecule has 0 aliphatic carbocycles. The molecule has 0 aliphatic heterocycles. The Morgan fingerprint density at radius 2 is 2.06 bits per heavy atom. The van der Waals surface area contributed by atoms with Crippen LogP contribution < -0.4 is 5.32 Å². The van der Waals surface area contributed by atoms with Crippen LogP contribution in [0, 0.1) is 0 Å². The third-order valence-corrected chi connectivity index (χ3v) is 2.50. The first-order valence-electron chi connectivity index (χ1n) is 5.27. The molecule has 16 heavy (non-hydrogen) atoms. The SMILES string of the molecule is CC(C)c1nc(Br)cc(NC(C)(C)CO)n1. The van der Waals surface area contributed by atoms with Crippen molar-refractivity contribution in [3.8, 4) is 0 Å². The van der Waals surface area contributed by atoms with E-state index in [0.717, 1.165) is 16.2 Å².